The highest BCUT2D eigenvalue weighted by molar-refractivity contribution is 6.17. The molecule has 0 saturated carbocycles. The Hall–Kier alpha value is -7.30. The number of rotatable bonds is 5. The minimum absolute atomic E-state index is 0.655. The highest BCUT2D eigenvalue weighted by Crippen LogP contribution is 2.42. The van der Waals surface area contributed by atoms with Gasteiger partial charge in [-0.3, -0.25) is 4.57 Å². The van der Waals surface area contributed by atoms with E-state index in [1.54, 1.807) is 0 Å². The Balaban J connectivity index is 1.16. The second-order valence-electron chi connectivity index (χ2n) is 14.7. The SMILES string of the molecule is Cc1ccccc1-c1cccc(-c2nc(-n3c4ccccc4c4c(-c5ccc6c7ccccc7n(-c7ccccc7)c6c5)cccc43)nc3ccccc23)c1C. The molecule has 0 aliphatic rings. The predicted molar refractivity (Wildman–Crippen MR) is 234 cm³/mol. The van der Waals surface area contributed by atoms with Crippen LogP contribution in [0.2, 0.25) is 0 Å². The van der Waals surface area contributed by atoms with Crippen LogP contribution < -0.4 is 0 Å². The van der Waals surface area contributed by atoms with Crippen molar-refractivity contribution < 1.29 is 0 Å². The van der Waals surface area contributed by atoms with Gasteiger partial charge < -0.3 is 4.57 Å². The van der Waals surface area contributed by atoms with Gasteiger partial charge >= 0.3 is 0 Å². The molecule has 3 aromatic heterocycles. The third-order valence-corrected chi connectivity index (χ3v) is 11.5. The third-order valence-electron chi connectivity index (χ3n) is 11.5. The molecule has 0 aliphatic heterocycles. The summed E-state index contributed by atoms with van der Waals surface area (Å²) in [6, 6.07) is 65.1. The number of para-hydroxylation sites is 4. The van der Waals surface area contributed by atoms with E-state index < -0.39 is 0 Å². The minimum atomic E-state index is 0.655. The summed E-state index contributed by atoms with van der Waals surface area (Å²) in [5.74, 6) is 0.655. The summed E-state index contributed by atoms with van der Waals surface area (Å²) in [5, 5.41) is 5.86. The molecular formula is C52H36N4. The standard InChI is InChI=1S/C52H36N4/c1-33-16-6-7-19-37(33)38-23-14-24-39(34(38)2)51-43-21-8-11-26-45(43)53-52(54-51)56-47-28-13-10-22-44(47)50-40(25-15-29-48(50)56)35-30-31-42-41-20-9-12-27-46(41)55(49(42)32-35)36-17-4-3-5-18-36/h3-32H,1-2H3. The van der Waals surface area contributed by atoms with E-state index in [1.165, 1.54) is 55.0 Å². The third kappa shape index (κ3) is 4.86. The second kappa shape index (κ2) is 12.6. The van der Waals surface area contributed by atoms with E-state index in [0.717, 1.165) is 49.8 Å². The fourth-order valence-corrected chi connectivity index (χ4v) is 8.90. The molecule has 0 bridgehead atoms. The maximum Gasteiger partial charge on any atom is 0.235 e. The molecular weight excluding hydrogens is 681 g/mol. The molecule has 4 nitrogen and oxygen atoms in total. The van der Waals surface area contributed by atoms with Crippen molar-refractivity contribution in [2.45, 2.75) is 13.8 Å². The van der Waals surface area contributed by atoms with Gasteiger partial charge in [0.2, 0.25) is 5.95 Å². The van der Waals surface area contributed by atoms with Gasteiger partial charge in [-0.15, -0.1) is 0 Å². The lowest BCUT2D eigenvalue weighted by molar-refractivity contribution is 1.01. The van der Waals surface area contributed by atoms with E-state index in [0.29, 0.717) is 5.95 Å². The molecule has 0 radical (unpaired) electrons. The van der Waals surface area contributed by atoms with Gasteiger partial charge in [0.1, 0.15) is 0 Å². The summed E-state index contributed by atoms with van der Waals surface area (Å²) in [6.45, 7) is 4.39. The van der Waals surface area contributed by atoms with Gasteiger partial charge in [0, 0.05) is 38.2 Å². The van der Waals surface area contributed by atoms with E-state index >= 15 is 0 Å². The molecule has 0 aliphatic carbocycles. The summed E-state index contributed by atoms with van der Waals surface area (Å²) in [6.07, 6.45) is 0. The average molecular weight is 717 g/mol. The Bertz CT molecular complexity index is 3330. The van der Waals surface area contributed by atoms with Crippen molar-refractivity contribution in [1.82, 2.24) is 19.1 Å². The van der Waals surface area contributed by atoms with Crippen LogP contribution in [0.15, 0.2) is 182 Å². The number of aromatic nitrogens is 4. The number of hydrogen-bond donors (Lipinski definition) is 0. The van der Waals surface area contributed by atoms with Crippen molar-refractivity contribution in [1.29, 1.82) is 0 Å². The van der Waals surface area contributed by atoms with Gasteiger partial charge in [-0.05, 0) is 89.7 Å². The number of nitrogens with zero attached hydrogens (tertiary/aromatic N) is 4. The first-order valence-corrected chi connectivity index (χ1v) is 19.2. The quantitative estimate of drug-likeness (QED) is 0.178. The molecule has 0 N–H and O–H groups in total. The van der Waals surface area contributed by atoms with Crippen LogP contribution in [0.3, 0.4) is 0 Å². The fourth-order valence-electron chi connectivity index (χ4n) is 8.90. The monoisotopic (exact) mass is 716 g/mol. The van der Waals surface area contributed by atoms with Crippen molar-refractivity contribution in [3.05, 3.63) is 193 Å². The normalized spacial score (nSPS) is 11.8. The molecule has 0 spiro atoms. The zero-order valence-corrected chi connectivity index (χ0v) is 31.1. The number of hydrogen-bond acceptors (Lipinski definition) is 2. The Kier molecular flexibility index (Phi) is 7.26. The smallest absolute Gasteiger partial charge is 0.235 e. The van der Waals surface area contributed by atoms with Gasteiger partial charge in [-0.2, -0.15) is 0 Å². The molecule has 0 unspecified atom stereocenters. The van der Waals surface area contributed by atoms with Gasteiger partial charge in [0.15, 0.2) is 0 Å². The average Bonchev–Trinajstić information content (AvgIpc) is 3.77. The van der Waals surface area contributed by atoms with Crippen molar-refractivity contribution in [3.63, 3.8) is 0 Å². The molecule has 264 valence electrons. The van der Waals surface area contributed by atoms with Crippen LogP contribution >= 0.6 is 0 Å². The van der Waals surface area contributed by atoms with Gasteiger partial charge in [0.05, 0.1) is 33.3 Å². The molecule has 11 rings (SSSR count). The first kappa shape index (κ1) is 32.2. The maximum atomic E-state index is 5.49. The molecule has 4 heteroatoms. The van der Waals surface area contributed by atoms with Crippen molar-refractivity contribution in [3.8, 4) is 45.1 Å². The molecule has 0 saturated heterocycles. The zero-order valence-electron chi connectivity index (χ0n) is 31.1. The van der Waals surface area contributed by atoms with E-state index in [1.807, 2.05) is 0 Å². The van der Waals surface area contributed by atoms with Crippen LogP contribution in [0, 0.1) is 13.8 Å². The van der Waals surface area contributed by atoms with Crippen molar-refractivity contribution >= 4 is 54.5 Å². The molecule has 0 amide bonds. The molecule has 3 heterocycles. The lowest BCUT2D eigenvalue weighted by Crippen LogP contribution is -2.04. The molecule has 0 fully saturated rings. The van der Waals surface area contributed by atoms with Crippen LogP contribution in [-0.2, 0) is 0 Å². The summed E-state index contributed by atoms with van der Waals surface area (Å²) < 4.78 is 4.64. The van der Waals surface area contributed by atoms with Crippen molar-refractivity contribution in [2.24, 2.45) is 0 Å². The van der Waals surface area contributed by atoms with E-state index in [-0.39, 0.29) is 0 Å². The largest absolute Gasteiger partial charge is 0.309 e. The molecule has 56 heavy (non-hydrogen) atoms. The van der Waals surface area contributed by atoms with E-state index in [2.05, 4.69) is 205 Å². The van der Waals surface area contributed by atoms with Gasteiger partial charge in [0.25, 0.3) is 0 Å². The Morgan fingerprint density at radius 1 is 0.393 bits per heavy atom. The van der Waals surface area contributed by atoms with Crippen molar-refractivity contribution in [2.75, 3.05) is 0 Å². The zero-order chi connectivity index (χ0) is 37.3. The fraction of sp³-hybridized carbons (Fsp3) is 0.0385. The van der Waals surface area contributed by atoms with E-state index in [4.69, 9.17) is 9.97 Å². The maximum absolute atomic E-state index is 5.49. The highest BCUT2D eigenvalue weighted by Gasteiger charge is 2.21. The topological polar surface area (TPSA) is 35.6 Å². The number of benzene rings is 8. The summed E-state index contributed by atoms with van der Waals surface area (Å²) >= 11 is 0. The summed E-state index contributed by atoms with van der Waals surface area (Å²) in [7, 11) is 0. The van der Waals surface area contributed by atoms with Crippen LogP contribution in [0.5, 0.6) is 0 Å². The second-order valence-corrected chi connectivity index (χ2v) is 14.7. The van der Waals surface area contributed by atoms with Crippen LogP contribution in [-0.4, -0.2) is 19.1 Å². The molecule has 0 atom stereocenters. The van der Waals surface area contributed by atoms with Gasteiger partial charge in [-0.1, -0.05) is 140 Å². The van der Waals surface area contributed by atoms with Crippen LogP contribution in [0.1, 0.15) is 11.1 Å². The Morgan fingerprint density at radius 3 is 1.84 bits per heavy atom. The summed E-state index contributed by atoms with van der Waals surface area (Å²) in [5.41, 5.74) is 15.9. The number of aryl methyl sites for hydroxylation is 1. The lowest BCUT2D eigenvalue weighted by atomic mass is 9.91. The molecule has 11 aromatic rings. The Morgan fingerprint density at radius 2 is 1.00 bits per heavy atom. The number of fused-ring (bicyclic) bond motifs is 7. The minimum Gasteiger partial charge on any atom is -0.309 e. The predicted octanol–water partition coefficient (Wildman–Crippen LogP) is 13.4. The molecule has 8 aromatic carbocycles. The summed E-state index contributed by atoms with van der Waals surface area (Å²) in [4.78, 5) is 10.8. The first-order valence-electron chi connectivity index (χ1n) is 19.2. The Labute approximate surface area is 324 Å². The van der Waals surface area contributed by atoms with Crippen LogP contribution in [0.25, 0.3) is 99.7 Å². The highest BCUT2D eigenvalue weighted by atomic mass is 15.2. The first-order chi connectivity index (χ1) is 27.6. The lowest BCUT2D eigenvalue weighted by Gasteiger charge is -2.16. The van der Waals surface area contributed by atoms with E-state index in [9.17, 15) is 0 Å². The van der Waals surface area contributed by atoms with Crippen LogP contribution in [0.4, 0.5) is 0 Å². The van der Waals surface area contributed by atoms with Gasteiger partial charge in [-0.25, -0.2) is 9.97 Å².